The van der Waals surface area contributed by atoms with Gasteiger partial charge in [0.1, 0.15) is 11.6 Å². The Morgan fingerprint density at radius 2 is 2.18 bits per heavy atom. The lowest BCUT2D eigenvalue weighted by Crippen LogP contribution is -2.47. The highest BCUT2D eigenvalue weighted by molar-refractivity contribution is 5.79. The normalized spacial score (nSPS) is 19.0. The van der Waals surface area contributed by atoms with Crippen molar-refractivity contribution >= 4 is 5.96 Å². The Kier molecular flexibility index (Phi) is 5.42. The van der Waals surface area contributed by atoms with Crippen molar-refractivity contribution in [2.75, 3.05) is 13.6 Å². The Hall–Kier alpha value is -1.59. The number of rotatable bonds is 4. The summed E-state index contributed by atoms with van der Waals surface area (Å²) in [5.41, 5.74) is 0.392. The summed E-state index contributed by atoms with van der Waals surface area (Å²) in [5.74, 6) is 2.85. The van der Waals surface area contributed by atoms with Crippen molar-refractivity contribution in [1.82, 2.24) is 25.4 Å². The summed E-state index contributed by atoms with van der Waals surface area (Å²) >= 11 is 0. The third-order valence-electron chi connectivity index (χ3n) is 3.92. The van der Waals surface area contributed by atoms with Gasteiger partial charge in [0, 0.05) is 26.1 Å². The second-order valence-corrected chi connectivity index (χ2v) is 7.30. The number of aliphatic imine (C=N–C) groups is 1. The summed E-state index contributed by atoms with van der Waals surface area (Å²) in [4.78, 5) is 8.77. The van der Waals surface area contributed by atoms with Gasteiger partial charge in [-0.2, -0.15) is 5.10 Å². The number of nitrogens with zero attached hydrogens (tertiary/aromatic N) is 4. The fraction of sp³-hybridized carbons (Fsp3) is 0.812. The zero-order valence-electron chi connectivity index (χ0n) is 14.6. The molecule has 1 aliphatic rings. The van der Waals surface area contributed by atoms with E-state index in [4.69, 9.17) is 0 Å². The van der Waals surface area contributed by atoms with Crippen LogP contribution >= 0.6 is 0 Å². The SMILES string of the molecule is CN=C(NCCCC(C)(C)C)NC1CCc2nc(C)nn2C1. The number of hydrogen-bond donors (Lipinski definition) is 2. The van der Waals surface area contributed by atoms with E-state index in [2.05, 4.69) is 46.5 Å². The fourth-order valence-electron chi connectivity index (χ4n) is 2.77. The molecule has 2 N–H and O–H groups in total. The van der Waals surface area contributed by atoms with Gasteiger partial charge in [-0.3, -0.25) is 4.99 Å². The van der Waals surface area contributed by atoms with Crippen molar-refractivity contribution in [3.05, 3.63) is 11.6 Å². The molecule has 0 aliphatic carbocycles. The highest BCUT2D eigenvalue weighted by atomic mass is 15.4. The zero-order chi connectivity index (χ0) is 16.2. The largest absolute Gasteiger partial charge is 0.356 e. The van der Waals surface area contributed by atoms with Gasteiger partial charge in [0.2, 0.25) is 0 Å². The van der Waals surface area contributed by atoms with E-state index in [1.54, 1.807) is 0 Å². The predicted octanol–water partition coefficient (Wildman–Crippen LogP) is 1.89. The molecule has 1 atom stereocenters. The van der Waals surface area contributed by atoms with E-state index in [-0.39, 0.29) is 0 Å². The molecule has 1 aliphatic heterocycles. The maximum atomic E-state index is 4.45. The van der Waals surface area contributed by atoms with E-state index in [1.807, 2.05) is 18.7 Å². The number of aromatic nitrogens is 3. The van der Waals surface area contributed by atoms with Crippen LogP contribution in [0.15, 0.2) is 4.99 Å². The van der Waals surface area contributed by atoms with E-state index in [1.165, 1.54) is 6.42 Å². The summed E-state index contributed by atoms with van der Waals surface area (Å²) in [6.07, 6.45) is 4.41. The van der Waals surface area contributed by atoms with Gasteiger partial charge in [0.05, 0.1) is 6.54 Å². The first-order chi connectivity index (χ1) is 10.4. The summed E-state index contributed by atoms with van der Waals surface area (Å²) in [5, 5.41) is 11.4. The molecule has 0 saturated carbocycles. The Balaban J connectivity index is 1.77. The first-order valence-corrected chi connectivity index (χ1v) is 8.25. The third-order valence-corrected chi connectivity index (χ3v) is 3.92. The Morgan fingerprint density at radius 1 is 1.41 bits per heavy atom. The number of aryl methyl sites for hydroxylation is 2. The van der Waals surface area contributed by atoms with Gasteiger partial charge in [-0.05, 0) is 31.6 Å². The second kappa shape index (κ2) is 7.11. The molecule has 0 aromatic carbocycles. The highest BCUT2D eigenvalue weighted by Crippen LogP contribution is 2.19. The van der Waals surface area contributed by atoms with Gasteiger partial charge in [0.25, 0.3) is 0 Å². The maximum absolute atomic E-state index is 4.45. The minimum Gasteiger partial charge on any atom is -0.356 e. The van der Waals surface area contributed by atoms with Crippen LogP contribution in [0.1, 0.15) is 51.7 Å². The van der Waals surface area contributed by atoms with Gasteiger partial charge in [-0.25, -0.2) is 9.67 Å². The van der Waals surface area contributed by atoms with Crippen LogP contribution in [-0.2, 0) is 13.0 Å². The number of hydrogen-bond acceptors (Lipinski definition) is 3. The molecule has 0 radical (unpaired) electrons. The van der Waals surface area contributed by atoms with Crippen LogP contribution in [0.3, 0.4) is 0 Å². The zero-order valence-corrected chi connectivity index (χ0v) is 14.6. The summed E-state index contributed by atoms with van der Waals surface area (Å²) in [7, 11) is 1.83. The van der Waals surface area contributed by atoms with Crippen molar-refractivity contribution in [2.24, 2.45) is 10.4 Å². The molecule has 0 bridgehead atoms. The first kappa shape index (κ1) is 16.8. The Labute approximate surface area is 133 Å². The van der Waals surface area contributed by atoms with Crippen molar-refractivity contribution < 1.29 is 0 Å². The maximum Gasteiger partial charge on any atom is 0.191 e. The smallest absolute Gasteiger partial charge is 0.191 e. The molecule has 6 heteroatoms. The lowest BCUT2D eigenvalue weighted by molar-refractivity contribution is 0.363. The van der Waals surface area contributed by atoms with E-state index in [9.17, 15) is 0 Å². The Morgan fingerprint density at radius 3 is 2.86 bits per heavy atom. The van der Waals surface area contributed by atoms with E-state index in [0.717, 1.165) is 50.0 Å². The molecule has 0 spiro atoms. The monoisotopic (exact) mass is 306 g/mol. The molecular weight excluding hydrogens is 276 g/mol. The molecule has 1 aromatic rings. The fourth-order valence-corrected chi connectivity index (χ4v) is 2.77. The van der Waals surface area contributed by atoms with Gasteiger partial charge in [-0.1, -0.05) is 20.8 Å². The minimum absolute atomic E-state index is 0.363. The van der Waals surface area contributed by atoms with Gasteiger partial charge < -0.3 is 10.6 Å². The topological polar surface area (TPSA) is 67.1 Å². The molecule has 1 aromatic heterocycles. The van der Waals surface area contributed by atoms with Crippen LogP contribution in [0, 0.1) is 12.3 Å². The molecule has 0 fully saturated rings. The lowest BCUT2D eigenvalue weighted by atomic mass is 9.91. The van der Waals surface area contributed by atoms with Crippen LogP contribution in [0.25, 0.3) is 0 Å². The molecule has 1 unspecified atom stereocenters. The van der Waals surface area contributed by atoms with E-state index < -0.39 is 0 Å². The van der Waals surface area contributed by atoms with Crippen molar-refractivity contribution in [3.63, 3.8) is 0 Å². The molecule has 22 heavy (non-hydrogen) atoms. The van der Waals surface area contributed by atoms with Crippen LogP contribution < -0.4 is 10.6 Å². The molecular formula is C16H30N6. The van der Waals surface area contributed by atoms with Crippen LogP contribution in [0.5, 0.6) is 0 Å². The van der Waals surface area contributed by atoms with Crippen molar-refractivity contribution in [3.8, 4) is 0 Å². The van der Waals surface area contributed by atoms with Crippen LogP contribution in [-0.4, -0.2) is 40.4 Å². The third kappa shape index (κ3) is 5.00. The second-order valence-electron chi connectivity index (χ2n) is 7.30. The number of guanidine groups is 1. The lowest BCUT2D eigenvalue weighted by Gasteiger charge is -2.25. The average molecular weight is 306 g/mol. The van der Waals surface area contributed by atoms with E-state index >= 15 is 0 Å². The van der Waals surface area contributed by atoms with Crippen molar-refractivity contribution in [2.45, 2.75) is 66.0 Å². The van der Waals surface area contributed by atoms with Gasteiger partial charge in [-0.15, -0.1) is 0 Å². The summed E-state index contributed by atoms with van der Waals surface area (Å²) in [6.45, 7) is 10.6. The molecule has 2 rings (SSSR count). The number of nitrogens with one attached hydrogen (secondary N) is 2. The Bertz CT molecular complexity index is 511. The van der Waals surface area contributed by atoms with Crippen LogP contribution in [0.2, 0.25) is 0 Å². The first-order valence-electron chi connectivity index (χ1n) is 8.25. The predicted molar refractivity (Wildman–Crippen MR) is 90.1 cm³/mol. The molecule has 2 heterocycles. The summed E-state index contributed by atoms with van der Waals surface area (Å²) in [6, 6.07) is 0.363. The molecule has 6 nitrogen and oxygen atoms in total. The van der Waals surface area contributed by atoms with E-state index in [0.29, 0.717) is 11.5 Å². The quantitative estimate of drug-likeness (QED) is 0.506. The van der Waals surface area contributed by atoms with Gasteiger partial charge in [0.15, 0.2) is 5.96 Å². The molecule has 0 saturated heterocycles. The average Bonchev–Trinajstić information content (AvgIpc) is 2.80. The summed E-state index contributed by atoms with van der Waals surface area (Å²) < 4.78 is 2.02. The molecule has 124 valence electrons. The highest BCUT2D eigenvalue weighted by Gasteiger charge is 2.21. The standard InChI is InChI=1S/C16H30N6/c1-12-19-14-8-7-13(11-22(14)21-12)20-15(17-5)18-10-6-9-16(2,3)4/h13H,6-11H2,1-5H3,(H2,17,18,20). The van der Waals surface area contributed by atoms with Crippen LogP contribution in [0.4, 0.5) is 0 Å². The number of fused-ring (bicyclic) bond motifs is 1. The van der Waals surface area contributed by atoms with Crippen molar-refractivity contribution in [1.29, 1.82) is 0 Å². The molecule has 0 amide bonds. The van der Waals surface area contributed by atoms with Gasteiger partial charge >= 0.3 is 0 Å². The minimum atomic E-state index is 0.363.